The van der Waals surface area contributed by atoms with Crippen molar-refractivity contribution in [2.75, 3.05) is 12.8 Å². The number of nitrogens with zero attached hydrogens (tertiary/aromatic N) is 1. The molecule has 0 saturated heterocycles. The van der Waals surface area contributed by atoms with Crippen molar-refractivity contribution in [1.29, 1.82) is 0 Å². The van der Waals surface area contributed by atoms with Gasteiger partial charge in [-0.05, 0) is 55.2 Å². The van der Waals surface area contributed by atoms with Gasteiger partial charge in [0.1, 0.15) is 11.6 Å². The number of imidazole rings is 1. The van der Waals surface area contributed by atoms with Crippen LogP contribution in [0.3, 0.4) is 0 Å². The van der Waals surface area contributed by atoms with Crippen LogP contribution in [-0.2, 0) is 16.4 Å². The summed E-state index contributed by atoms with van der Waals surface area (Å²) in [4.78, 5) is 7.83. The Balaban J connectivity index is 1.79. The Morgan fingerprint density at radius 1 is 1.37 bits per heavy atom. The molecule has 1 heterocycles. The molecule has 148 valence electrons. The van der Waals surface area contributed by atoms with Gasteiger partial charge in [0, 0.05) is 13.0 Å². The summed E-state index contributed by atoms with van der Waals surface area (Å²) in [5.41, 5.74) is 2.76. The largest absolute Gasteiger partial charge is 0.342 e. The van der Waals surface area contributed by atoms with Crippen molar-refractivity contribution >= 4 is 21.1 Å². The van der Waals surface area contributed by atoms with E-state index in [1.54, 1.807) is 6.07 Å². The van der Waals surface area contributed by atoms with E-state index < -0.39 is 10.0 Å². The summed E-state index contributed by atoms with van der Waals surface area (Å²) in [6.45, 7) is 6.92. The maximum absolute atomic E-state index is 13.4. The highest BCUT2D eigenvalue weighted by atomic mass is 32.2. The Hall–Kier alpha value is -1.73. The molecule has 27 heavy (non-hydrogen) atoms. The average molecular weight is 394 g/mol. The molecule has 0 bridgehead atoms. The van der Waals surface area contributed by atoms with Crippen LogP contribution in [0.4, 0.5) is 4.39 Å². The highest BCUT2D eigenvalue weighted by Crippen LogP contribution is 2.38. The van der Waals surface area contributed by atoms with E-state index in [0.29, 0.717) is 24.3 Å². The quantitative estimate of drug-likeness (QED) is 0.736. The highest BCUT2D eigenvalue weighted by Gasteiger charge is 2.32. The van der Waals surface area contributed by atoms with Crippen molar-refractivity contribution in [3.05, 3.63) is 41.5 Å². The lowest BCUT2D eigenvalue weighted by molar-refractivity contribution is 0.227. The lowest BCUT2D eigenvalue weighted by Crippen LogP contribution is -2.36. The molecule has 2 N–H and O–H groups in total. The van der Waals surface area contributed by atoms with E-state index >= 15 is 0 Å². The summed E-state index contributed by atoms with van der Waals surface area (Å²) in [6.07, 6.45) is 5.18. The summed E-state index contributed by atoms with van der Waals surface area (Å²) < 4.78 is 39.0. The maximum Gasteiger partial charge on any atom is 0.208 e. The predicted molar refractivity (Wildman–Crippen MR) is 106 cm³/mol. The first-order valence-corrected chi connectivity index (χ1v) is 11.3. The minimum atomic E-state index is -3.20. The number of halogens is 1. The first kappa shape index (κ1) is 20.0. The molecule has 7 heteroatoms. The third-order valence-corrected chi connectivity index (χ3v) is 6.29. The van der Waals surface area contributed by atoms with E-state index in [-0.39, 0.29) is 11.7 Å². The molecule has 2 aromatic rings. The van der Waals surface area contributed by atoms with Crippen molar-refractivity contribution < 1.29 is 12.8 Å². The molecule has 0 radical (unpaired) electrons. The molecular formula is C20H28FN3O2S. The minimum absolute atomic E-state index is 0.195. The van der Waals surface area contributed by atoms with Gasteiger partial charge >= 0.3 is 0 Å². The Kier molecular flexibility index (Phi) is 5.72. The lowest BCUT2D eigenvalue weighted by atomic mass is 9.70. The molecule has 1 aliphatic rings. The van der Waals surface area contributed by atoms with Gasteiger partial charge in [-0.25, -0.2) is 22.5 Å². The Labute approximate surface area is 160 Å². The molecule has 3 rings (SSSR count). The molecule has 1 aromatic heterocycles. The molecule has 5 nitrogen and oxygen atoms in total. The highest BCUT2D eigenvalue weighted by molar-refractivity contribution is 7.88. The second-order valence-corrected chi connectivity index (χ2v) is 9.92. The average Bonchev–Trinajstić information content (AvgIpc) is 2.95. The van der Waals surface area contributed by atoms with Gasteiger partial charge in [-0.1, -0.05) is 25.5 Å². The van der Waals surface area contributed by atoms with Gasteiger partial charge in [0.25, 0.3) is 0 Å². The van der Waals surface area contributed by atoms with Crippen LogP contribution in [0.1, 0.15) is 33.0 Å². The fraction of sp³-hybridized carbons (Fsp3) is 0.550. The normalized spacial score (nSPS) is 23.8. The summed E-state index contributed by atoms with van der Waals surface area (Å²) in [6, 6.07) is 4.59. The van der Waals surface area contributed by atoms with Crippen molar-refractivity contribution in [2.45, 2.75) is 33.6 Å². The van der Waals surface area contributed by atoms with Crippen LogP contribution in [0, 0.1) is 29.5 Å². The number of fused-ring (bicyclic) bond motifs is 1. The Bertz CT molecular complexity index is 949. The number of aromatic amines is 1. The number of allylic oxidation sites excluding steroid dienone is 1. The van der Waals surface area contributed by atoms with Gasteiger partial charge < -0.3 is 4.98 Å². The summed E-state index contributed by atoms with van der Waals surface area (Å²) in [5, 5.41) is 0. The Morgan fingerprint density at radius 3 is 2.78 bits per heavy atom. The SMILES string of the molecule is CC1=C[C@@H](CNS(C)(=O)=O)[C@H](C(C)C)C[C@H]1Cc1nc2ccc(F)cc2[nH]1. The monoisotopic (exact) mass is 393 g/mol. The van der Waals surface area contributed by atoms with Crippen molar-refractivity contribution in [3.63, 3.8) is 0 Å². The number of benzene rings is 1. The molecule has 0 unspecified atom stereocenters. The number of aromatic nitrogens is 2. The van der Waals surface area contributed by atoms with Gasteiger partial charge in [-0.3, -0.25) is 0 Å². The molecule has 0 fully saturated rings. The van der Waals surface area contributed by atoms with Gasteiger partial charge in [0.2, 0.25) is 10.0 Å². The van der Waals surface area contributed by atoms with Crippen molar-refractivity contribution in [2.24, 2.45) is 23.7 Å². The summed E-state index contributed by atoms with van der Waals surface area (Å²) in [7, 11) is -3.20. The fourth-order valence-electron chi connectivity index (χ4n) is 4.12. The van der Waals surface area contributed by atoms with Gasteiger partial charge in [-0.15, -0.1) is 0 Å². The number of hydrogen-bond acceptors (Lipinski definition) is 3. The van der Waals surface area contributed by atoms with Crippen LogP contribution in [0.2, 0.25) is 0 Å². The molecule has 1 aliphatic carbocycles. The van der Waals surface area contributed by atoms with E-state index in [2.05, 4.69) is 41.5 Å². The molecular weight excluding hydrogens is 365 g/mol. The number of rotatable bonds is 6. The zero-order valence-corrected chi connectivity index (χ0v) is 17.1. The zero-order chi connectivity index (χ0) is 19.8. The maximum atomic E-state index is 13.4. The van der Waals surface area contributed by atoms with E-state index in [9.17, 15) is 12.8 Å². The second kappa shape index (κ2) is 7.72. The number of sulfonamides is 1. The van der Waals surface area contributed by atoms with Gasteiger partial charge in [0.05, 0.1) is 17.3 Å². The van der Waals surface area contributed by atoms with E-state index in [0.717, 1.165) is 29.7 Å². The van der Waals surface area contributed by atoms with Crippen molar-refractivity contribution in [3.8, 4) is 0 Å². The van der Waals surface area contributed by atoms with Gasteiger partial charge in [-0.2, -0.15) is 0 Å². The van der Waals surface area contributed by atoms with Crippen LogP contribution in [0.15, 0.2) is 29.8 Å². The molecule has 0 saturated carbocycles. The first-order valence-electron chi connectivity index (χ1n) is 9.39. The molecule has 1 aromatic carbocycles. The first-order chi connectivity index (χ1) is 12.6. The van der Waals surface area contributed by atoms with Crippen LogP contribution in [-0.4, -0.2) is 31.2 Å². The smallest absolute Gasteiger partial charge is 0.208 e. The van der Waals surface area contributed by atoms with Crippen LogP contribution in [0.5, 0.6) is 0 Å². The van der Waals surface area contributed by atoms with E-state index in [4.69, 9.17) is 0 Å². The van der Waals surface area contributed by atoms with E-state index in [1.807, 2.05) is 0 Å². The molecule has 0 aliphatic heterocycles. The summed E-state index contributed by atoms with van der Waals surface area (Å²) in [5.74, 6) is 1.98. The third kappa shape index (κ3) is 4.96. The number of H-pyrrole nitrogens is 1. The lowest BCUT2D eigenvalue weighted by Gasteiger charge is -2.37. The van der Waals surface area contributed by atoms with Crippen molar-refractivity contribution in [1.82, 2.24) is 14.7 Å². The van der Waals surface area contributed by atoms with E-state index in [1.165, 1.54) is 24.0 Å². The second-order valence-electron chi connectivity index (χ2n) is 8.08. The van der Waals surface area contributed by atoms with Crippen LogP contribution in [0.25, 0.3) is 11.0 Å². The molecule has 0 spiro atoms. The molecule has 0 amide bonds. The fourth-order valence-corrected chi connectivity index (χ4v) is 4.62. The molecule has 3 atom stereocenters. The van der Waals surface area contributed by atoms with Crippen LogP contribution < -0.4 is 4.72 Å². The minimum Gasteiger partial charge on any atom is -0.342 e. The topological polar surface area (TPSA) is 74.8 Å². The Morgan fingerprint density at radius 2 is 2.11 bits per heavy atom. The third-order valence-electron chi connectivity index (χ3n) is 5.60. The van der Waals surface area contributed by atoms with Gasteiger partial charge in [0.15, 0.2) is 0 Å². The summed E-state index contributed by atoms with van der Waals surface area (Å²) >= 11 is 0. The predicted octanol–water partition coefficient (Wildman–Crippen LogP) is 3.65. The standard InChI is InChI=1S/C20H28FN3O2S/c1-12(2)17-8-14(13(3)7-15(17)11-22-27(4,25)26)9-20-23-18-6-5-16(21)10-19(18)24-20/h5-7,10,12,14-15,17,22H,8-9,11H2,1-4H3,(H,23,24)/t14-,15-,17-/m0/s1. The zero-order valence-electron chi connectivity index (χ0n) is 16.3. The number of hydrogen-bond donors (Lipinski definition) is 2. The van der Waals surface area contributed by atoms with Crippen LogP contribution >= 0.6 is 0 Å². The number of nitrogens with one attached hydrogen (secondary N) is 2.